The molecule has 2 rings (SSSR count). The van der Waals surface area contributed by atoms with Gasteiger partial charge in [-0.15, -0.1) is 22.9 Å². The summed E-state index contributed by atoms with van der Waals surface area (Å²) in [5, 5.41) is -0.426. The molecule has 0 fully saturated rings. The largest absolute Gasteiger partial charge is 0.466 e. The number of carbonyl (C=O) groups is 1. The molecule has 88 valence electrons. The molecule has 2 aromatic heterocycles. The van der Waals surface area contributed by atoms with Crippen LogP contribution in [0.5, 0.6) is 0 Å². The van der Waals surface area contributed by atoms with E-state index < -0.39 is 5.38 Å². The zero-order valence-corrected chi connectivity index (χ0v) is 10.2. The molecular formula is C10H8ClN3O2S. The first kappa shape index (κ1) is 11.9. The fraction of sp³-hybridized carbons (Fsp3) is 0.200. The highest BCUT2D eigenvalue weighted by molar-refractivity contribution is 7.10. The molecule has 1 unspecified atom stereocenters. The Morgan fingerprint density at radius 3 is 3.06 bits per heavy atom. The molecule has 0 N–H and O–H groups in total. The Balaban J connectivity index is 2.25. The van der Waals surface area contributed by atoms with Crippen LogP contribution >= 0.6 is 22.9 Å². The fourth-order valence-corrected chi connectivity index (χ4v) is 2.38. The lowest BCUT2D eigenvalue weighted by atomic mass is 10.2. The predicted octanol–water partition coefficient (Wildman–Crippen LogP) is 2.05. The van der Waals surface area contributed by atoms with Gasteiger partial charge in [-0.05, 0) is 0 Å². The van der Waals surface area contributed by atoms with Crippen LogP contribution in [0.1, 0.15) is 10.3 Å². The van der Waals surface area contributed by atoms with Crippen molar-refractivity contribution in [1.82, 2.24) is 15.0 Å². The Morgan fingerprint density at radius 1 is 1.47 bits per heavy atom. The van der Waals surface area contributed by atoms with Crippen molar-refractivity contribution in [3.8, 4) is 11.4 Å². The lowest BCUT2D eigenvalue weighted by Gasteiger charge is -2.07. The van der Waals surface area contributed by atoms with Gasteiger partial charge in [0.05, 0.1) is 16.6 Å². The van der Waals surface area contributed by atoms with E-state index in [1.54, 1.807) is 24.1 Å². The summed E-state index contributed by atoms with van der Waals surface area (Å²) in [4.78, 5) is 23.3. The summed E-state index contributed by atoms with van der Waals surface area (Å²) in [5.41, 5.74) is 3.01. The molecule has 0 radical (unpaired) electrons. The molecule has 7 heteroatoms. The quantitative estimate of drug-likeness (QED) is 0.614. The van der Waals surface area contributed by atoms with Gasteiger partial charge in [0.25, 0.3) is 6.47 Å². The van der Waals surface area contributed by atoms with E-state index in [4.69, 9.17) is 11.6 Å². The summed E-state index contributed by atoms with van der Waals surface area (Å²) in [6.07, 6.45) is 4.79. The highest BCUT2D eigenvalue weighted by Gasteiger charge is 2.18. The molecule has 2 aromatic rings. The molecule has 0 amide bonds. The minimum absolute atomic E-state index is 0.112. The van der Waals surface area contributed by atoms with Crippen molar-refractivity contribution in [3.63, 3.8) is 0 Å². The van der Waals surface area contributed by atoms with E-state index in [0.717, 1.165) is 4.88 Å². The standard InChI is InChI=1S/C10H8ClN3O2S/c11-7(4-16-6-15)10-9(14-5-17-10)8-3-12-1-2-13-8/h1-3,5-7H,4H2. The first-order chi connectivity index (χ1) is 8.33. The van der Waals surface area contributed by atoms with Gasteiger partial charge < -0.3 is 4.74 Å². The summed E-state index contributed by atoms with van der Waals surface area (Å²) in [6.45, 7) is 0.485. The van der Waals surface area contributed by atoms with Crippen LogP contribution in [0.4, 0.5) is 0 Å². The number of ether oxygens (including phenoxy) is 1. The van der Waals surface area contributed by atoms with Crippen LogP contribution in [0, 0.1) is 0 Å². The number of halogens is 1. The van der Waals surface area contributed by atoms with Crippen molar-refractivity contribution >= 4 is 29.4 Å². The van der Waals surface area contributed by atoms with Crippen LogP contribution in [0.3, 0.4) is 0 Å². The first-order valence-electron chi connectivity index (χ1n) is 4.72. The van der Waals surface area contributed by atoms with Crippen LogP contribution in [-0.2, 0) is 9.53 Å². The van der Waals surface area contributed by atoms with Crippen molar-refractivity contribution in [2.75, 3.05) is 6.61 Å². The van der Waals surface area contributed by atoms with E-state index in [1.165, 1.54) is 11.3 Å². The van der Waals surface area contributed by atoms with Crippen molar-refractivity contribution in [2.24, 2.45) is 0 Å². The first-order valence-corrected chi connectivity index (χ1v) is 6.03. The highest BCUT2D eigenvalue weighted by Crippen LogP contribution is 2.32. The van der Waals surface area contributed by atoms with Gasteiger partial charge >= 0.3 is 0 Å². The Morgan fingerprint density at radius 2 is 2.35 bits per heavy atom. The van der Waals surface area contributed by atoms with E-state index in [9.17, 15) is 4.79 Å². The lowest BCUT2D eigenvalue weighted by Crippen LogP contribution is -2.01. The average molecular weight is 270 g/mol. The summed E-state index contributed by atoms with van der Waals surface area (Å²) >= 11 is 7.52. The number of carbonyl (C=O) groups excluding carboxylic acids is 1. The number of alkyl halides is 1. The van der Waals surface area contributed by atoms with Gasteiger partial charge in [-0.1, -0.05) is 0 Å². The van der Waals surface area contributed by atoms with E-state index in [0.29, 0.717) is 17.9 Å². The molecule has 2 heterocycles. The molecule has 0 aromatic carbocycles. The molecule has 0 bridgehead atoms. The fourth-order valence-electron chi connectivity index (χ4n) is 1.29. The molecule has 0 aliphatic heterocycles. The summed E-state index contributed by atoms with van der Waals surface area (Å²) in [7, 11) is 0. The second-order valence-corrected chi connectivity index (χ2v) is 4.47. The van der Waals surface area contributed by atoms with Gasteiger partial charge in [-0.25, -0.2) is 4.98 Å². The van der Waals surface area contributed by atoms with Gasteiger partial charge in [0, 0.05) is 12.4 Å². The maximum Gasteiger partial charge on any atom is 0.293 e. The molecule has 0 aliphatic carbocycles. The topological polar surface area (TPSA) is 65.0 Å². The third kappa shape index (κ3) is 2.78. The zero-order chi connectivity index (χ0) is 12.1. The monoisotopic (exact) mass is 269 g/mol. The number of thiazole rings is 1. The number of aromatic nitrogens is 3. The number of hydrogen-bond donors (Lipinski definition) is 0. The minimum atomic E-state index is -0.426. The lowest BCUT2D eigenvalue weighted by molar-refractivity contribution is -0.128. The third-order valence-electron chi connectivity index (χ3n) is 2.00. The predicted molar refractivity (Wildman–Crippen MR) is 63.8 cm³/mol. The maximum atomic E-state index is 10.1. The Hall–Kier alpha value is -1.53. The van der Waals surface area contributed by atoms with E-state index in [2.05, 4.69) is 19.7 Å². The van der Waals surface area contributed by atoms with Gasteiger partial charge in [0.1, 0.15) is 23.4 Å². The zero-order valence-electron chi connectivity index (χ0n) is 8.62. The molecular weight excluding hydrogens is 262 g/mol. The van der Waals surface area contributed by atoms with Crippen molar-refractivity contribution in [1.29, 1.82) is 0 Å². The minimum Gasteiger partial charge on any atom is -0.466 e. The molecule has 17 heavy (non-hydrogen) atoms. The smallest absolute Gasteiger partial charge is 0.293 e. The molecule has 1 atom stereocenters. The number of rotatable bonds is 5. The number of hydrogen-bond acceptors (Lipinski definition) is 6. The van der Waals surface area contributed by atoms with E-state index >= 15 is 0 Å². The van der Waals surface area contributed by atoms with Gasteiger partial charge in [-0.2, -0.15) is 0 Å². The van der Waals surface area contributed by atoms with Crippen molar-refractivity contribution in [3.05, 3.63) is 29.0 Å². The highest BCUT2D eigenvalue weighted by atomic mass is 35.5. The SMILES string of the molecule is O=COCC(Cl)c1scnc1-c1cnccn1. The second kappa shape index (κ2) is 5.70. The van der Waals surface area contributed by atoms with Crippen LogP contribution in [0.2, 0.25) is 0 Å². The van der Waals surface area contributed by atoms with Crippen molar-refractivity contribution < 1.29 is 9.53 Å². The summed E-state index contributed by atoms with van der Waals surface area (Å²) < 4.78 is 4.64. The maximum absolute atomic E-state index is 10.1. The van der Waals surface area contributed by atoms with Gasteiger partial charge in [0.15, 0.2) is 0 Å². The van der Waals surface area contributed by atoms with Crippen LogP contribution < -0.4 is 0 Å². The normalized spacial score (nSPS) is 12.1. The van der Waals surface area contributed by atoms with Crippen LogP contribution in [0.25, 0.3) is 11.4 Å². The van der Waals surface area contributed by atoms with Gasteiger partial charge in [-0.3, -0.25) is 14.8 Å². The van der Waals surface area contributed by atoms with E-state index in [1.807, 2.05) is 0 Å². The summed E-state index contributed by atoms with van der Waals surface area (Å²) in [5.74, 6) is 0. The Bertz CT molecular complexity index is 491. The summed E-state index contributed by atoms with van der Waals surface area (Å²) in [6, 6.07) is 0. The number of nitrogens with zero attached hydrogens (tertiary/aromatic N) is 3. The molecule has 0 saturated carbocycles. The third-order valence-corrected chi connectivity index (χ3v) is 3.41. The Kier molecular flexibility index (Phi) is 4.00. The second-order valence-electron chi connectivity index (χ2n) is 3.05. The molecule has 5 nitrogen and oxygen atoms in total. The average Bonchev–Trinajstić information content (AvgIpc) is 2.86. The van der Waals surface area contributed by atoms with Crippen molar-refractivity contribution in [2.45, 2.75) is 5.38 Å². The van der Waals surface area contributed by atoms with Crippen LogP contribution in [0.15, 0.2) is 24.1 Å². The molecule has 0 spiro atoms. The van der Waals surface area contributed by atoms with Crippen LogP contribution in [-0.4, -0.2) is 28.0 Å². The van der Waals surface area contributed by atoms with E-state index in [-0.39, 0.29) is 6.61 Å². The molecule has 0 saturated heterocycles. The Labute approximate surface area is 106 Å². The molecule has 0 aliphatic rings. The van der Waals surface area contributed by atoms with Gasteiger partial charge in [0.2, 0.25) is 0 Å².